The summed E-state index contributed by atoms with van der Waals surface area (Å²) in [5.41, 5.74) is 4.19. The first-order valence-corrected chi connectivity index (χ1v) is 17.5. The lowest BCUT2D eigenvalue weighted by Crippen LogP contribution is -2.61. The summed E-state index contributed by atoms with van der Waals surface area (Å²) < 4.78 is 11.7. The summed E-state index contributed by atoms with van der Waals surface area (Å²) in [5.74, 6) is -2.71. The maximum Gasteiger partial charge on any atom is 0.316 e. The second kappa shape index (κ2) is 15.1. The average Bonchev–Trinajstić information content (AvgIpc) is 3.08. The van der Waals surface area contributed by atoms with Crippen LogP contribution in [0.3, 0.4) is 0 Å². The Hall–Kier alpha value is -4.32. The molecular formula is C37H49N5O7. The van der Waals surface area contributed by atoms with Crippen molar-refractivity contribution in [3.05, 3.63) is 47.7 Å². The monoisotopic (exact) mass is 675 g/mol. The standard InChI is InChI=1S/C37H49N5O7/c1-21(2)31-33(44)39-24(6)34(45)42-19-7-8-29(41-42)32(43)38-23(5)28-12-11-26-10-9-25(20-30(26)40-28)13-16-37(36(47)49-31)17-14-27(15-18-37)48-35(46)22(3)4/h9-13,16,20-24,27,29,31,41H,7-8,14-15,17-19H2,1-6H3,(H,38,43)(H,39,44)/b16-13+/t23-,24+,27-,29+,31?,37+/m1/s1. The van der Waals surface area contributed by atoms with Crippen LogP contribution in [0.5, 0.6) is 0 Å². The van der Waals surface area contributed by atoms with Gasteiger partial charge in [-0.3, -0.25) is 34.0 Å². The van der Waals surface area contributed by atoms with Gasteiger partial charge in [0.05, 0.1) is 28.6 Å². The molecular weight excluding hydrogens is 626 g/mol. The highest BCUT2D eigenvalue weighted by Gasteiger charge is 2.44. The summed E-state index contributed by atoms with van der Waals surface area (Å²) in [6.45, 7) is 10.9. The number of pyridine rings is 1. The molecule has 264 valence electrons. The molecule has 3 N–H and O–H groups in total. The smallest absolute Gasteiger partial charge is 0.316 e. The van der Waals surface area contributed by atoms with Gasteiger partial charge >= 0.3 is 11.9 Å². The molecule has 3 aliphatic rings. The number of cyclic esters (lactones) is 1. The third-order valence-electron chi connectivity index (χ3n) is 9.72. The SMILES string of the molecule is CC(C)C(=O)O[C@H]1CC[C@]2(/C=C/c3ccc4ccc(nc4c3)[C@@H](C)NC(=O)[C@@H]3CCCN(N3)C(=O)[C@H](C)NC(=O)C(C(C)C)OC2=O)CC1. The molecule has 49 heavy (non-hydrogen) atoms. The van der Waals surface area contributed by atoms with Crippen LogP contribution in [-0.2, 0) is 33.4 Å². The molecule has 1 aromatic carbocycles. The lowest BCUT2D eigenvalue weighted by molar-refractivity contribution is -0.170. The van der Waals surface area contributed by atoms with Gasteiger partial charge in [-0.05, 0) is 76.0 Å². The van der Waals surface area contributed by atoms with Crippen molar-refractivity contribution in [2.75, 3.05) is 6.54 Å². The molecule has 0 radical (unpaired) electrons. The normalized spacial score (nSPS) is 29.5. The van der Waals surface area contributed by atoms with Gasteiger partial charge in [-0.2, -0.15) is 0 Å². The maximum absolute atomic E-state index is 14.2. The van der Waals surface area contributed by atoms with Gasteiger partial charge in [0.1, 0.15) is 18.2 Å². The summed E-state index contributed by atoms with van der Waals surface area (Å²) >= 11 is 0. The van der Waals surface area contributed by atoms with E-state index in [2.05, 4.69) is 16.1 Å². The first-order valence-electron chi connectivity index (χ1n) is 17.5. The van der Waals surface area contributed by atoms with E-state index in [0.29, 0.717) is 50.8 Å². The highest BCUT2D eigenvalue weighted by molar-refractivity contribution is 5.92. The number of esters is 2. The first-order chi connectivity index (χ1) is 23.3. The number of carbonyl (C=O) groups is 5. The zero-order chi connectivity index (χ0) is 35.5. The van der Waals surface area contributed by atoms with Crippen LogP contribution in [0.15, 0.2) is 36.4 Å². The fraction of sp³-hybridized carbons (Fsp3) is 0.568. The Labute approximate surface area is 287 Å². The second-order valence-corrected chi connectivity index (χ2v) is 14.3. The van der Waals surface area contributed by atoms with E-state index in [1.54, 1.807) is 34.6 Å². The van der Waals surface area contributed by atoms with Crippen LogP contribution >= 0.6 is 0 Å². The number of aromatic nitrogens is 1. The van der Waals surface area contributed by atoms with Gasteiger partial charge in [-0.25, -0.2) is 5.43 Å². The molecule has 2 fully saturated rings. The summed E-state index contributed by atoms with van der Waals surface area (Å²) in [6, 6.07) is 7.68. The number of hydrogen-bond donors (Lipinski definition) is 3. The average molecular weight is 676 g/mol. The van der Waals surface area contributed by atoms with Crippen LogP contribution in [0.4, 0.5) is 0 Å². The molecule has 4 atom stereocenters. The number of nitrogens with one attached hydrogen (secondary N) is 3. The Morgan fingerprint density at radius 3 is 2.35 bits per heavy atom. The van der Waals surface area contributed by atoms with Crippen molar-refractivity contribution < 1.29 is 33.4 Å². The van der Waals surface area contributed by atoms with E-state index in [4.69, 9.17) is 14.5 Å². The minimum atomic E-state index is -1.16. The summed E-state index contributed by atoms with van der Waals surface area (Å²) in [7, 11) is 0. The molecule has 1 spiro atoms. The van der Waals surface area contributed by atoms with Gasteiger partial charge in [0.25, 0.3) is 11.8 Å². The van der Waals surface area contributed by atoms with Crippen molar-refractivity contribution >= 4 is 46.6 Å². The van der Waals surface area contributed by atoms with Crippen LogP contribution < -0.4 is 16.1 Å². The molecule has 2 aliphatic heterocycles. The number of hydrazine groups is 1. The van der Waals surface area contributed by atoms with Gasteiger partial charge < -0.3 is 20.1 Å². The molecule has 3 amide bonds. The van der Waals surface area contributed by atoms with Gasteiger partial charge in [-0.1, -0.05) is 58.0 Å². The number of carbonyl (C=O) groups excluding carboxylic acids is 5. The molecule has 1 aromatic heterocycles. The molecule has 5 bridgehead atoms. The van der Waals surface area contributed by atoms with Gasteiger partial charge in [0, 0.05) is 11.9 Å². The fourth-order valence-electron chi connectivity index (χ4n) is 6.55. The summed E-state index contributed by atoms with van der Waals surface area (Å²) in [5, 5.41) is 8.07. The zero-order valence-corrected chi connectivity index (χ0v) is 29.3. The first kappa shape index (κ1) is 36.0. The van der Waals surface area contributed by atoms with Crippen LogP contribution in [-0.4, -0.2) is 70.5 Å². The third-order valence-corrected chi connectivity index (χ3v) is 9.72. The maximum atomic E-state index is 14.2. The number of rotatable bonds is 3. The number of hydrogen-bond acceptors (Lipinski definition) is 9. The molecule has 2 aromatic rings. The Morgan fingerprint density at radius 1 is 0.959 bits per heavy atom. The molecule has 5 rings (SSSR count). The largest absolute Gasteiger partial charge is 0.462 e. The number of amides is 3. The van der Waals surface area contributed by atoms with E-state index in [1.165, 1.54) is 5.01 Å². The third kappa shape index (κ3) is 8.29. The van der Waals surface area contributed by atoms with Crippen molar-refractivity contribution in [3.63, 3.8) is 0 Å². The summed E-state index contributed by atoms with van der Waals surface area (Å²) in [6.07, 6.45) is 4.99. The van der Waals surface area contributed by atoms with Gasteiger partial charge in [0.15, 0.2) is 6.10 Å². The highest BCUT2D eigenvalue weighted by Crippen LogP contribution is 2.41. The van der Waals surface area contributed by atoms with E-state index < -0.39 is 47.4 Å². The van der Waals surface area contributed by atoms with Crippen molar-refractivity contribution in [2.45, 2.75) is 110 Å². The molecule has 12 heteroatoms. The lowest BCUT2D eigenvalue weighted by atomic mass is 9.72. The van der Waals surface area contributed by atoms with E-state index in [0.717, 1.165) is 16.5 Å². The molecule has 1 saturated carbocycles. The number of fused-ring (bicyclic) bond motifs is 4. The summed E-state index contributed by atoms with van der Waals surface area (Å²) in [4.78, 5) is 71.7. The Balaban J connectivity index is 1.51. The van der Waals surface area contributed by atoms with Crippen molar-refractivity contribution in [3.8, 4) is 0 Å². The lowest BCUT2D eigenvalue weighted by Gasteiger charge is -2.37. The van der Waals surface area contributed by atoms with E-state index in [9.17, 15) is 24.0 Å². The zero-order valence-electron chi connectivity index (χ0n) is 29.3. The number of nitrogens with zero attached hydrogens (tertiary/aromatic N) is 2. The van der Waals surface area contributed by atoms with E-state index in [1.807, 2.05) is 49.4 Å². The Bertz CT molecular complexity index is 1610. The Kier molecular flexibility index (Phi) is 11.1. The second-order valence-electron chi connectivity index (χ2n) is 14.3. The number of benzene rings is 1. The Morgan fingerprint density at radius 2 is 1.65 bits per heavy atom. The van der Waals surface area contributed by atoms with Crippen LogP contribution in [0.25, 0.3) is 17.0 Å². The quantitative estimate of drug-likeness (QED) is 0.407. The predicted molar refractivity (Wildman–Crippen MR) is 183 cm³/mol. The van der Waals surface area contributed by atoms with Crippen LogP contribution in [0, 0.1) is 17.3 Å². The highest BCUT2D eigenvalue weighted by atomic mass is 16.6. The topological polar surface area (TPSA) is 156 Å². The fourth-order valence-corrected chi connectivity index (χ4v) is 6.55. The van der Waals surface area contributed by atoms with Crippen molar-refractivity contribution in [2.24, 2.45) is 17.3 Å². The van der Waals surface area contributed by atoms with Crippen LogP contribution in [0.1, 0.15) is 97.4 Å². The van der Waals surface area contributed by atoms with E-state index in [-0.39, 0.29) is 29.8 Å². The molecule has 3 heterocycles. The minimum absolute atomic E-state index is 0.253. The minimum Gasteiger partial charge on any atom is -0.462 e. The van der Waals surface area contributed by atoms with Gasteiger partial charge in [-0.15, -0.1) is 0 Å². The predicted octanol–water partition coefficient (Wildman–Crippen LogP) is 4.14. The molecule has 1 aliphatic carbocycles. The van der Waals surface area contributed by atoms with Crippen molar-refractivity contribution in [1.82, 2.24) is 26.1 Å². The van der Waals surface area contributed by atoms with E-state index >= 15 is 0 Å². The van der Waals surface area contributed by atoms with Gasteiger partial charge in [0.2, 0.25) is 5.91 Å². The molecule has 12 nitrogen and oxygen atoms in total. The van der Waals surface area contributed by atoms with Crippen molar-refractivity contribution in [1.29, 1.82) is 0 Å². The van der Waals surface area contributed by atoms with Crippen LogP contribution in [0.2, 0.25) is 0 Å². The molecule has 1 unspecified atom stereocenters. The molecule has 1 saturated heterocycles. The number of ether oxygens (including phenoxy) is 2.